The number of alkyl halides is 1. The van der Waals surface area contributed by atoms with E-state index in [1.807, 2.05) is 29.2 Å². The number of urea groups is 1. The number of hydrogen-bond acceptors (Lipinski definition) is 8. The average Bonchev–Trinajstić information content (AvgIpc) is 2.95. The molecule has 1 atom stereocenters. The number of amides is 2. The van der Waals surface area contributed by atoms with Crippen molar-refractivity contribution in [3.8, 4) is 22.8 Å². The molecule has 1 fully saturated rings. The predicted molar refractivity (Wildman–Crippen MR) is 144 cm³/mol. The van der Waals surface area contributed by atoms with Gasteiger partial charge in [-0.2, -0.15) is 4.98 Å². The fourth-order valence-electron chi connectivity index (χ4n) is 4.32. The van der Waals surface area contributed by atoms with Gasteiger partial charge < -0.3 is 25.0 Å². The van der Waals surface area contributed by atoms with E-state index in [2.05, 4.69) is 9.97 Å². The van der Waals surface area contributed by atoms with Gasteiger partial charge in [-0.15, -0.1) is 5.12 Å². The molecule has 38 heavy (non-hydrogen) atoms. The Hall–Kier alpha value is -4.38. The summed E-state index contributed by atoms with van der Waals surface area (Å²) < 4.78 is 25.5. The van der Waals surface area contributed by atoms with Crippen LogP contribution in [0.3, 0.4) is 0 Å². The first-order chi connectivity index (χ1) is 18.4. The van der Waals surface area contributed by atoms with Gasteiger partial charge in [0.2, 0.25) is 5.95 Å². The van der Waals surface area contributed by atoms with Gasteiger partial charge in [0.25, 0.3) is 0 Å². The van der Waals surface area contributed by atoms with Crippen LogP contribution in [-0.4, -0.2) is 65.2 Å². The lowest BCUT2D eigenvalue weighted by atomic mass is 10.1. The number of anilines is 3. The molecule has 2 N–H and O–H groups in total. The molecule has 0 bridgehead atoms. The van der Waals surface area contributed by atoms with Gasteiger partial charge in [-0.05, 0) is 42.5 Å². The van der Waals surface area contributed by atoms with Crippen LogP contribution in [0.2, 0.25) is 0 Å². The van der Waals surface area contributed by atoms with Gasteiger partial charge in [0, 0.05) is 18.7 Å². The molecule has 0 aliphatic carbocycles. The summed E-state index contributed by atoms with van der Waals surface area (Å²) in [6.07, 6.45) is 0. The van der Waals surface area contributed by atoms with Crippen LogP contribution in [0.4, 0.5) is 26.7 Å². The summed E-state index contributed by atoms with van der Waals surface area (Å²) in [5, 5.41) is 0.0973. The molecule has 2 aromatic carbocycles. The molecule has 1 saturated heterocycles. The van der Waals surface area contributed by atoms with Gasteiger partial charge in [-0.1, -0.05) is 34.3 Å². The number of fused-ring (bicyclic) bond motifs is 1. The molecule has 2 amide bonds. The van der Waals surface area contributed by atoms with Crippen LogP contribution >= 0.6 is 11.6 Å². The molecule has 2 aromatic heterocycles. The largest absolute Gasteiger partial charge is 0.493 e. The highest BCUT2D eigenvalue weighted by Crippen LogP contribution is 2.34. The van der Waals surface area contributed by atoms with E-state index in [0.29, 0.717) is 40.6 Å². The van der Waals surface area contributed by atoms with E-state index in [4.69, 9.17) is 31.8 Å². The van der Waals surface area contributed by atoms with Crippen molar-refractivity contribution in [2.45, 2.75) is 5.50 Å². The fourth-order valence-corrected chi connectivity index (χ4v) is 4.67. The molecule has 1 aliphatic heterocycles. The number of nitrogens with zero attached hydrogens (tertiary/aromatic N) is 6. The van der Waals surface area contributed by atoms with Crippen molar-refractivity contribution in [1.82, 2.24) is 19.9 Å². The van der Waals surface area contributed by atoms with Crippen molar-refractivity contribution >= 4 is 46.1 Å². The van der Waals surface area contributed by atoms with E-state index in [0.717, 1.165) is 5.56 Å². The summed E-state index contributed by atoms with van der Waals surface area (Å²) in [7, 11) is 3.14. The van der Waals surface area contributed by atoms with Crippen LogP contribution in [-0.2, 0) is 0 Å². The molecule has 3 heterocycles. The average molecular weight is 538 g/mol. The lowest BCUT2D eigenvalue weighted by Crippen LogP contribution is -2.55. The number of benzene rings is 2. The third kappa shape index (κ3) is 4.80. The van der Waals surface area contributed by atoms with Crippen molar-refractivity contribution in [1.29, 1.82) is 0 Å². The van der Waals surface area contributed by atoms with Gasteiger partial charge in [0.1, 0.15) is 11.0 Å². The molecule has 1 unspecified atom stereocenters. The highest BCUT2D eigenvalue weighted by molar-refractivity contribution is 6.22. The van der Waals surface area contributed by atoms with Crippen molar-refractivity contribution in [2.75, 3.05) is 49.6 Å². The second-order valence-corrected chi connectivity index (χ2v) is 9.02. The first-order valence-corrected chi connectivity index (χ1v) is 12.2. The molecule has 0 spiro atoms. The molecule has 4 aromatic rings. The minimum Gasteiger partial charge on any atom is -0.493 e. The Morgan fingerprint density at radius 3 is 2.50 bits per heavy atom. The number of methoxy groups -OCH3 is 2. The van der Waals surface area contributed by atoms with Crippen molar-refractivity contribution in [2.24, 2.45) is 0 Å². The first-order valence-electron chi connectivity index (χ1n) is 11.8. The number of hydrogen-bond donors (Lipinski definition) is 1. The Balaban J connectivity index is 1.43. The Kier molecular flexibility index (Phi) is 7.01. The number of nitrogen functional groups attached to an aromatic ring is 1. The number of rotatable bonds is 5. The van der Waals surface area contributed by atoms with E-state index in [-0.39, 0.29) is 29.8 Å². The lowest BCUT2D eigenvalue weighted by Gasteiger charge is -2.39. The minimum atomic E-state index is -0.836. The van der Waals surface area contributed by atoms with E-state index in [1.165, 1.54) is 17.0 Å². The van der Waals surface area contributed by atoms with Gasteiger partial charge in [-0.3, -0.25) is 0 Å². The zero-order chi connectivity index (χ0) is 26.8. The third-order valence-electron chi connectivity index (χ3n) is 6.24. The smallest absolute Gasteiger partial charge is 0.354 e. The molecule has 12 heteroatoms. The quantitative estimate of drug-likeness (QED) is 0.225. The predicted octanol–water partition coefficient (Wildman–Crippen LogP) is 4.49. The number of aromatic nitrogens is 3. The molecule has 10 nitrogen and oxygen atoms in total. The summed E-state index contributed by atoms with van der Waals surface area (Å²) in [5.74, 6) is 1.74. The zero-order valence-electron chi connectivity index (χ0n) is 20.7. The summed E-state index contributed by atoms with van der Waals surface area (Å²) in [4.78, 5) is 29.6. The number of ether oxygens (including phenoxy) is 2. The highest BCUT2D eigenvalue weighted by atomic mass is 35.5. The van der Waals surface area contributed by atoms with Crippen LogP contribution in [0, 0.1) is 0 Å². The van der Waals surface area contributed by atoms with Crippen molar-refractivity contribution in [3.63, 3.8) is 0 Å². The Labute approximate surface area is 223 Å². The highest BCUT2D eigenvalue weighted by Gasteiger charge is 2.34. The Morgan fingerprint density at radius 2 is 1.79 bits per heavy atom. The maximum absolute atomic E-state index is 14.8. The third-order valence-corrected chi connectivity index (χ3v) is 6.61. The fraction of sp³-hybridized carbons (Fsp3) is 0.231. The number of carbonyl (C=O) groups excluding carboxylic acids is 1. The van der Waals surface area contributed by atoms with Crippen LogP contribution < -0.4 is 25.2 Å². The topological polar surface area (TPSA) is 110 Å². The Morgan fingerprint density at radius 1 is 1.03 bits per heavy atom. The van der Waals surface area contributed by atoms with Crippen LogP contribution in [0.25, 0.3) is 22.3 Å². The second-order valence-electron chi connectivity index (χ2n) is 8.51. The van der Waals surface area contributed by atoms with E-state index in [1.54, 1.807) is 38.5 Å². The van der Waals surface area contributed by atoms with Crippen LogP contribution in [0.1, 0.15) is 0 Å². The monoisotopic (exact) mass is 537 g/mol. The van der Waals surface area contributed by atoms with Crippen LogP contribution in [0.15, 0.2) is 60.7 Å². The molecule has 1 aliphatic rings. The molecular formula is C26H25ClFN7O3. The second kappa shape index (κ2) is 10.5. The van der Waals surface area contributed by atoms with Gasteiger partial charge in [-0.25, -0.2) is 14.8 Å². The number of halogens is 2. The summed E-state index contributed by atoms with van der Waals surface area (Å²) in [6.45, 7) is 0.691. The SMILES string of the molecule is COc1ccc(-c2ccc3nc(N)nc(N4CCN(C(=O)N(F)c5ccccc5)C(Cl)C4)c3n2)cc1OC. The van der Waals surface area contributed by atoms with Gasteiger partial charge in [0.05, 0.1) is 37.7 Å². The standard InChI is InChI=1S/C26H25ClFN7O3/c1-37-20-11-8-16(14-21(20)38-2)18-9-10-19-23(30-18)24(32-25(29)31-19)33-12-13-34(22(27)15-33)26(36)35(28)17-6-4-3-5-7-17/h3-11,14,22H,12-13,15H2,1-2H3,(H2,29,31,32). The number of nitrogens with two attached hydrogens (primary N) is 1. The molecule has 196 valence electrons. The van der Waals surface area contributed by atoms with E-state index in [9.17, 15) is 9.28 Å². The zero-order valence-corrected chi connectivity index (χ0v) is 21.5. The van der Waals surface area contributed by atoms with E-state index < -0.39 is 11.5 Å². The molecule has 0 saturated carbocycles. The summed E-state index contributed by atoms with van der Waals surface area (Å²) >= 11 is 6.58. The molecular weight excluding hydrogens is 513 g/mol. The number of para-hydroxylation sites is 1. The number of carbonyl (C=O) groups is 1. The Bertz CT molecular complexity index is 1480. The first kappa shape index (κ1) is 25.3. The molecule has 5 rings (SSSR count). The minimum absolute atomic E-state index is 0.0804. The summed E-state index contributed by atoms with van der Waals surface area (Å²) in [5.41, 5.74) is 7.86. The summed E-state index contributed by atoms with van der Waals surface area (Å²) in [6, 6.07) is 16.4. The van der Waals surface area contributed by atoms with Crippen molar-refractivity contribution < 1.29 is 18.7 Å². The van der Waals surface area contributed by atoms with Crippen LogP contribution in [0.5, 0.6) is 11.5 Å². The maximum atomic E-state index is 14.8. The van der Waals surface area contributed by atoms with Gasteiger partial charge >= 0.3 is 6.03 Å². The number of piperazine rings is 1. The molecule has 0 radical (unpaired) electrons. The maximum Gasteiger partial charge on any atom is 0.354 e. The number of pyridine rings is 1. The lowest BCUT2D eigenvalue weighted by molar-refractivity contribution is 0.179. The van der Waals surface area contributed by atoms with Gasteiger partial charge in [0.15, 0.2) is 17.3 Å². The normalized spacial score (nSPS) is 15.4. The van der Waals surface area contributed by atoms with E-state index >= 15 is 0 Å². The van der Waals surface area contributed by atoms with Crippen molar-refractivity contribution in [3.05, 3.63) is 60.7 Å².